The van der Waals surface area contributed by atoms with Crippen LogP contribution in [0.1, 0.15) is 52.4 Å². The van der Waals surface area contributed by atoms with Gasteiger partial charge in [-0.25, -0.2) is 0 Å². The molecule has 0 bridgehead atoms. The van der Waals surface area contributed by atoms with Gasteiger partial charge in [-0.2, -0.15) is 0 Å². The number of nitrogens with one attached hydrogen (secondary N) is 2. The summed E-state index contributed by atoms with van der Waals surface area (Å²) in [4.78, 5) is 23.4. The molecule has 5 nitrogen and oxygen atoms in total. The fourth-order valence-electron chi connectivity index (χ4n) is 2.51. The zero-order valence-corrected chi connectivity index (χ0v) is 14.0. The van der Waals surface area contributed by atoms with E-state index in [0.29, 0.717) is 25.4 Å². The molecule has 0 heterocycles. The van der Waals surface area contributed by atoms with Crippen LogP contribution in [0.2, 0.25) is 0 Å². The lowest BCUT2D eigenvalue weighted by Gasteiger charge is -2.21. The first kappa shape index (κ1) is 20.2. The van der Waals surface area contributed by atoms with E-state index < -0.39 is 0 Å². The first-order chi connectivity index (χ1) is 9.50. The van der Waals surface area contributed by atoms with Crippen LogP contribution in [0.4, 0.5) is 0 Å². The van der Waals surface area contributed by atoms with E-state index in [1.165, 1.54) is 32.1 Å². The summed E-state index contributed by atoms with van der Waals surface area (Å²) in [5, 5.41) is 5.66. The Morgan fingerprint density at radius 1 is 1.10 bits per heavy atom. The van der Waals surface area contributed by atoms with Gasteiger partial charge in [-0.3, -0.25) is 9.59 Å². The van der Waals surface area contributed by atoms with E-state index in [0.717, 1.165) is 0 Å². The molecular weight excluding hydrogens is 290 g/mol. The van der Waals surface area contributed by atoms with Gasteiger partial charge in [-0.15, -0.1) is 12.4 Å². The van der Waals surface area contributed by atoms with Crippen LogP contribution in [0.15, 0.2) is 0 Å². The zero-order chi connectivity index (χ0) is 15.0. The quantitative estimate of drug-likeness (QED) is 0.623. The molecule has 0 spiro atoms. The van der Waals surface area contributed by atoms with E-state index in [2.05, 4.69) is 10.6 Å². The van der Waals surface area contributed by atoms with Crippen molar-refractivity contribution in [2.45, 2.75) is 58.4 Å². The molecule has 0 radical (unpaired) electrons. The molecule has 124 valence electrons. The highest BCUT2D eigenvalue weighted by Gasteiger charge is 2.18. The van der Waals surface area contributed by atoms with Gasteiger partial charge in [0.05, 0.1) is 0 Å². The normalized spacial score (nSPS) is 18.2. The van der Waals surface area contributed by atoms with E-state index in [9.17, 15) is 9.59 Å². The average Bonchev–Trinajstić information content (AvgIpc) is 2.43. The van der Waals surface area contributed by atoms with Gasteiger partial charge in [0.1, 0.15) is 0 Å². The van der Waals surface area contributed by atoms with Crippen molar-refractivity contribution in [2.24, 2.45) is 17.6 Å². The number of halogens is 1. The van der Waals surface area contributed by atoms with Crippen molar-refractivity contribution in [3.8, 4) is 0 Å². The van der Waals surface area contributed by atoms with Gasteiger partial charge in [0.15, 0.2) is 0 Å². The third-order valence-corrected chi connectivity index (χ3v) is 4.15. The van der Waals surface area contributed by atoms with Crippen LogP contribution in [0, 0.1) is 11.8 Å². The molecule has 0 aromatic rings. The van der Waals surface area contributed by atoms with Crippen molar-refractivity contribution in [3.05, 3.63) is 0 Å². The summed E-state index contributed by atoms with van der Waals surface area (Å²) < 4.78 is 0. The predicted octanol–water partition coefficient (Wildman–Crippen LogP) is 1.59. The van der Waals surface area contributed by atoms with Crippen LogP contribution in [0.5, 0.6) is 0 Å². The summed E-state index contributed by atoms with van der Waals surface area (Å²) >= 11 is 0. The Kier molecular flexibility index (Phi) is 10.4. The second-order valence-electron chi connectivity index (χ2n) is 6.00. The van der Waals surface area contributed by atoms with Crippen LogP contribution in [-0.4, -0.2) is 30.9 Å². The van der Waals surface area contributed by atoms with E-state index in [-0.39, 0.29) is 36.2 Å². The summed E-state index contributed by atoms with van der Waals surface area (Å²) in [7, 11) is 0. The minimum Gasteiger partial charge on any atom is -0.354 e. The molecule has 21 heavy (non-hydrogen) atoms. The Morgan fingerprint density at radius 2 is 1.67 bits per heavy atom. The lowest BCUT2D eigenvalue weighted by atomic mass is 9.87. The standard InChI is InChI=1S/C15H29N3O2.ClH/c1-11(12(2)16)15(20)18-9-8-17-14(19)10-13-6-4-3-5-7-13;/h11-13H,3-10,16H2,1-2H3,(H,17,19)(H,18,20);1H. The van der Waals surface area contributed by atoms with Gasteiger partial charge in [0, 0.05) is 31.5 Å². The molecule has 0 aromatic carbocycles. The average molecular weight is 320 g/mol. The van der Waals surface area contributed by atoms with Crippen LogP contribution < -0.4 is 16.4 Å². The molecule has 1 rings (SSSR count). The maximum absolute atomic E-state index is 11.8. The van der Waals surface area contributed by atoms with Gasteiger partial charge >= 0.3 is 0 Å². The lowest BCUT2D eigenvalue weighted by Crippen LogP contribution is -2.41. The highest BCUT2D eigenvalue weighted by Crippen LogP contribution is 2.25. The molecule has 2 unspecified atom stereocenters. The monoisotopic (exact) mass is 319 g/mol. The number of amides is 2. The minimum absolute atomic E-state index is 0. The highest BCUT2D eigenvalue weighted by atomic mass is 35.5. The number of nitrogens with two attached hydrogens (primary N) is 1. The number of hydrogen-bond donors (Lipinski definition) is 3. The second-order valence-corrected chi connectivity index (χ2v) is 6.00. The fraction of sp³-hybridized carbons (Fsp3) is 0.867. The van der Waals surface area contributed by atoms with Crippen molar-refractivity contribution >= 4 is 24.2 Å². The van der Waals surface area contributed by atoms with Crippen LogP contribution in [-0.2, 0) is 9.59 Å². The molecule has 0 aromatic heterocycles. The van der Waals surface area contributed by atoms with Crippen molar-refractivity contribution in [3.63, 3.8) is 0 Å². The minimum atomic E-state index is -0.201. The smallest absolute Gasteiger partial charge is 0.224 e. The van der Waals surface area contributed by atoms with Gasteiger partial charge in [-0.05, 0) is 25.7 Å². The molecule has 2 atom stereocenters. The molecule has 2 amide bonds. The van der Waals surface area contributed by atoms with Crippen molar-refractivity contribution in [1.82, 2.24) is 10.6 Å². The molecular formula is C15H30ClN3O2. The first-order valence-corrected chi connectivity index (χ1v) is 7.80. The number of rotatable bonds is 7. The maximum atomic E-state index is 11.8. The Morgan fingerprint density at radius 3 is 2.24 bits per heavy atom. The molecule has 0 saturated heterocycles. The summed E-state index contributed by atoms with van der Waals surface area (Å²) in [5.41, 5.74) is 5.66. The third kappa shape index (κ3) is 8.27. The Hall–Kier alpha value is -0.810. The van der Waals surface area contributed by atoms with E-state index in [1.54, 1.807) is 0 Å². The summed E-state index contributed by atoms with van der Waals surface area (Å²) in [5.74, 6) is 0.400. The van der Waals surface area contributed by atoms with Gasteiger partial charge in [-0.1, -0.05) is 26.2 Å². The number of carbonyl (C=O) groups excluding carboxylic acids is 2. The first-order valence-electron chi connectivity index (χ1n) is 7.80. The number of hydrogen-bond acceptors (Lipinski definition) is 3. The van der Waals surface area contributed by atoms with E-state index in [1.807, 2.05) is 13.8 Å². The molecule has 0 aliphatic heterocycles. The van der Waals surface area contributed by atoms with Gasteiger partial charge in [0.25, 0.3) is 0 Å². The topological polar surface area (TPSA) is 84.2 Å². The second kappa shape index (κ2) is 10.9. The zero-order valence-electron chi connectivity index (χ0n) is 13.2. The highest BCUT2D eigenvalue weighted by molar-refractivity contribution is 5.85. The third-order valence-electron chi connectivity index (χ3n) is 4.15. The Bertz CT molecular complexity index is 318. The Balaban J connectivity index is 0.00000400. The molecule has 6 heteroatoms. The molecule has 1 fully saturated rings. The summed E-state index contributed by atoms with van der Waals surface area (Å²) in [6, 6.07) is -0.157. The van der Waals surface area contributed by atoms with Crippen LogP contribution >= 0.6 is 12.4 Å². The lowest BCUT2D eigenvalue weighted by molar-refractivity contribution is -0.125. The van der Waals surface area contributed by atoms with Crippen molar-refractivity contribution in [1.29, 1.82) is 0 Å². The Labute approximate surface area is 134 Å². The summed E-state index contributed by atoms with van der Waals surface area (Å²) in [6.07, 6.45) is 6.80. The summed E-state index contributed by atoms with van der Waals surface area (Å²) in [6.45, 7) is 4.58. The molecule has 1 aliphatic carbocycles. The van der Waals surface area contributed by atoms with Crippen LogP contribution in [0.3, 0.4) is 0 Å². The SMILES string of the molecule is CC(N)C(C)C(=O)NCCNC(=O)CC1CCCCC1.Cl. The van der Waals surface area contributed by atoms with E-state index in [4.69, 9.17) is 5.73 Å². The number of carbonyl (C=O) groups is 2. The molecule has 1 aliphatic rings. The van der Waals surface area contributed by atoms with E-state index >= 15 is 0 Å². The molecule has 4 N–H and O–H groups in total. The van der Waals surface area contributed by atoms with Gasteiger partial charge < -0.3 is 16.4 Å². The van der Waals surface area contributed by atoms with Crippen molar-refractivity contribution in [2.75, 3.05) is 13.1 Å². The maximum Gasteiger partial charge on any atom is 0.224 e. The van der Waals surface area contributed by atoms with Crippen molar-refractivity contribution < 1.29 is 9.59 Å². The molecule has 1 saturated carbocycles. The fourth-order valence-corrected chi connectivity index (χ4v) is 2.51. The van der Waals surface area contributed by atoms with Gasteiger partial charge in [0.2, 0.25) is 11.8 Å². The van der Waals surface area contributed by atoms with Crippen LogP contribution in [0.25, 0.3) is 0 Å². The predicted molar refractivity (Wildman–Crippen MR) is 87.3 cm³/mol. The largest absolute Gasteiger partial charge is 0.354 e.